The highest BCUT2D eigenvalue weighted by Gasteiger charge is 2.15. The Morgan fingerprint density at radius 2 is 1.81 bits per heavy atom. The van der Waals surface area contributed by atoms with E-state index < -0.39 is 11.7 Å². The number of carboxylic acid groups (broad SMARTS) is 1. The number of carboxylic acids is 1. The van der Waals surface area contributed by atoms with Crippen LogP contribution < -0.4 is 11.2 Å². The van der Waals surface area contributed by atoms with E-state index in [0.717, 1.165) is 16.0 Å². The van der Waals surface area contributed by atoms with Crippen molar-refractivity contribution in [2.24, 2.45) is 0 Å². The van der Waals surface area contributed by atoms with Gasteiger partial charge in [0, 0.05) is 23.4 Å². The molecule has 1 aromatic heterocycles. The minimum atomic E-state index is -0.849. The van der Waals surface area contributed by atoms with Gasteiger partial charge >= 0.3 is 11.7 Å². The summed E-state index contributed by atoms with van der Waals surface area (Å²) in [4.78, 5) is 38.6. The largest absolute Gasteiger partial charge is 0.481 e. The van der Waals surface area contributed by atoms with Gasteiger partial charge in [0.15, 0.2) is 0 Å². The van der Waals surface area contributed by atoms with Crippen molar-refractivity contribution in [3.05, 3.63) is 55.7 Å². The molecule has 0 spiro atoms. The second-order valence-corrected chi connectivity index (χ2v) is 7.39. The van der Waals surface area contributed by atoms with Gasteiger partial charge < -0.3 is 5.11 Å². The van der Waals surface area contributed by atoms with Crippen molar-refractivity contribution < 1.29 is 9.90 Å². The van der Waals surface area contributed by atoms with Crippen molar-refractivity contribution in [3.8, 4) is 0 Å². The van der Waals surface area contributed by atoms with E-state index in [1.165, 1.54) is 11.8 Å². The molecule has 0 amide bonds. The Hall–Kier alpha value is -2.28. The zero-order valence-electron chi connectivity index (χ0n) is 15.3. The fourth-order valence-corrected chi connectivity index (χ4v) is 4.23. The molecule has 26 heavy (non-hydrogen) atoms. The van der Waals surface area contributed by atoms with Gasteiger partial charge in [-0.15, -0.1) is 0 Å². The van der Waals surface area contributed by atoms with Crippen LogP contribution in [0.15, 0.2) is 37.7 Å². The second kappa shape index (κ2) is 8.89. The van der Waals surface area contributed by atoms with Crippen molar-refractivity contribution in [2.75, 3.05) is 0 Å². The molecule has 0 unspecified atom stereocenters. The molecule has 0 radical (unpaired) electrons. The molecule has 2 N–H and O–H groups in total. The van der Waals surface area contributed by atoms with Gasteiger partial charge in [0.2, 0.25) is 0 Å². The number of rotatable bonds is 8. The van der Waals surface area contributed by atoms with E-state index in [4.69, 9.17) is 5.11 Å². The molecule has 0 fully saturated rings. The number of unbranched alkanes of at least 4 members (excludes halogenated alkanes) is 1. The van der Waals surface area contributed by atoms with Crippen molar-refractivity contribution in [1.82, 2.24) is 9.55 Å². The van der Waals surface area contributed by atoms with Gasteiger partial charge in [0.05, 0.1) is 5.03 Å². The highest BCUT2D eigenvalue weighted by Crippen LogP contribution is 2.30. The summed E-state index contributed by atoms with van der Waals surface area (Å²) in [7, 11) is 0. The van der Waals surface area contributed by atoms with Gasteiger partial charge in [-0.25, -0.2) is 4.79 Å². The highest BCUT2D eigenvalue weighted by molar-refractivity contribution is 7.99. The van der Waals surface area contributed by atoms with Crippen LogP contribution in [0.5, 0.6) is 0 Å². The summed E-state index contributed by atoms with van der Waals surface area (Å²) in [6.07, 6.45) is 1.62. The third-order valence-corrected chi connectivity index (χ3v) is 5.16. The lowest BCUT2D eigenvalue weighted by Crippen LogP contribution is -2.34. The smallest absolute Gasteiger partial charge is 0.329 e. The maximum atomic E-state index is 12.4. The van der Waals surface area contributed by atoms with Crippen LogP contribution in [0.1, 0.15) is 42.9 Å². The predicted octanol–water partition coefficient (Wildman–Crippen LogP) is 3.12. The molecule has 1 heterocycles. The maximum Gasteiger partial charge on any atom is 0.329 e. The summed E-state index contributed by atoms with van der Waals surface area (Å²) >= 11 is 1.41. The topological polar surface area (TPSA) is 92.2 Å². The molecule has 140 valence electrons. The predicted molar refractivity (Wildman–Crippen MR) is 102 cm³/mol. The van der Waals surface area contributed by atoms with Crippen molar-refractivity contribution >= 4 is 17.7 Å². The van der Waals surface area contributed by atoms with Crippen LogP contribution in [0.2, 0.25) is 0 Å². The van der Waals surface area contributed by atoms with Crippen LogP contribution in [0.3, 0.4) is 0 Å². The zero-order chi connectivity index (χ0) is 19.3. The van der Waals surface area contributed by atoms with E-state index in [9.17, 15) is 14.4 Å². The SMILES string of the molecule is CCc1c(Sc2cc(C)cc(C)c2)n(CCCCC(=O)O)c(=O)[nH]c1=O. The summed E-state index contributed by atoms with van der Waals surface area (Å²) in [6.45, 7) is 6.28. The number of aliphatic carboxylic acids is 1. The minimum absolute atomic E-state index is 0.0677. The molecule has 0 bridgehead atoms. The van der Waals surface area contributed by atoms with Crippen LogP contribution in [0, 0.1) is 13.8 Å². The number of H-pyrrole nitrogens is 1. The number of hydrogen-bond acceptors (Lipinski definition) is 4. The Bertz CT molecular complexity index is 894. The van der Waals surface area contributed by atoms with E-state index in [0.29, 0.717) is 36.4 Å². The first-order valence-electron chi connectivity index (χ1n) is 8.65. The van der Waals surface area contributed by atoms with E-state index in [2.05, 4.69) is 11.1 Å². The average Bonchev–Trinajstić information content (AvgIpc) is 2.52. The maximum absolute atomic E-state index is 12.4. The van der Waals surface area contributed by atoms with Crippen LogP contribution in [0.4, 0.5) is 0 Å². The van der Waals surface area contributed by atoms with E-state index in [-0.39, 0.29) is 12.0 Å². The van der Waals surface area contributed by atoms with E-state index in [1.807, 2.05) is 32.9 Å². The summed E-state index contributed by atoms with van der Waals surface area (Å²) < 4.78 is 1.56. The summed E-state index contributed by atoms with van der Waals surface area (Å²) in [5, 5.41) is 9.41. The van der Waals surface area contributed by atoms with Gasteiger partial charge in [0.1, 0.15) is 0 Å². The molecule has 0 aliphatic carbocycles. The molecule has 0 aliphatic heterocycles. The first-order chi connectivity index (χ1) is 12.3. The number of nitrogens with one attached hydrogen (secondary N) is 1. The zero-order valence-corrected chi connectivity index (χ0v) is 16.1. The fraction of sp³-hybridized carbons (Fsp3) is 0.421. The van der Waals surface area contributed by atoms with Gasteiger partial charge in [-0.2, -0.15) is 0 Å². The number of benzene rings is 1. The monoisotopic (exact) mass is 376 g/mol. The number of aromatic amines is 1. The lowest BCUT2D eigenvalue weighted by Gasteiger charge is -2.15. The molecule has 2 aromatic rings. The molecule has 0 atom stereocenters. The Morgan fingerprint density at radius 3 is 2.38 bits per heavy atom. The lowest BCUT2D eigenvalue weighted by atomic mass is 10.2. The molecule has 0 saturated heterocycles. The molecule has 0 saturated carbocycles. The Labute approximate surface area is 156 Å². The first kappa shape index (κ1) is 20.0. The number of aryl methyl sites for hydroxylation is 2. The third kappa shape index (κ3) is 5.11. The highest BCUT2D eigenvalue weighted by atomic mass is 32.2. The minimum Gasteiger partial charge on any atom is -0.481 e. The third-order valence-electron chi connectivity index (χ3n) is 4.03. The molecular weight excluding hydrogens is 352 g/mol. The molecule has 7 heteroatoms. The molecule has 1 aromatic carbocycles. The van der Waals surface area contributed by atoms with Gasteiger partial charge in [0.25, 0.3) is 5.56 Å². The molecular formula is C19H24N2O4S. The van der Waals surface area contributed by atoms with Gasteiger partial charge in [-0.05, 0) is 56.4 Å². The number of carbonyl (C=O) groups is 1. The Morgan fingerprint density at radius 1 is 1.15 bits per heavy atom. The summed E-state index contributed by atoms with van der Waals surface area (Å²) in [5.41, 5.74) is 2.00. The fourth-order valence-electron chi connectivity index (χ4n) is 2.87. The average molecular weight is 376 g/mol. The quantitative estimate of drug-likeness (QED) is 0.545. The second-order valence-electron chi connectivity index (χ2n) is 6.32. The van der Waals surface area contributed by atoms with Gasteiger partial charge in [-0.3, -0.25) is 19.1 Å². The summed E-state index contributed by atoms with van der Waals surface area (Å²) in [6, 6.07) is 6.12. The van der Waals surface area contributed by atoms with Crippen molar-refractivity contribution in [3.63, 3.8) is 0 Å². The Balaban J connectivity index is 2.41. The number of nitrogens with zero attached hydrogens (tertiary/aromatic N) is 1. The van der Waals surface area contributed by atoms with Crippen LogP contribution in [-0.4, -0.2) is 20.6 Å². The standard InChI is InChI=1S/C19H24N2O4S/c1-4-15-17(24)20-19(25)21(8-6-5-7-16(22)23)18(15)26-14-10-12(2)9-13(3)11-14/h9-11H,4-8H2,1-3H3,(H,22,23)(H,20,24,25). The van der Waals surface area contributed by atoms with E-state index >= 15 is 0 Å². The molecule has 2 rings (SSSR count). The van der Waals surface area contributed by atoms with Gasteiger partial charge in [-0.1, -0.05) is 24.8 Å². The first-order valence-corrected chi connectivity index (χ1v) is 9.47. The molecule has 0 aliphatic rings. The lowest BCUT2D eigenvalue weighted by molar-refractivity contribution is -0.137. The summed E-state index contributed by atoms with van der Waals surface area (Å²) in [5.74, 6) is -0.849. The van der Waals surface area contributed by atoms with Crippen LogP contribution >= 0.6 is 11.8 Å². The Kier molecular flexibility index (Phi) is 6.85. The van der Waals surface area contributed by atoms with Crippen molar-refractivity contribution in [2.45, 2.75) is 62.9 Å². The molecule has 6 nitrogen and oxygen atoms in total. The van der Waals surface area contributed by atoms with Crippen LogP contribution in [-0.2, 0) is 17.8 Å². The van der Waals surface area contributed by atoms with Crippen LogP contribution in [0.25, 0.3) is 0 Å². The normalized spacial score (nSPS) is 10.9. The number of hydrogen-bond donors (Lipinski definition) is 2. The van der Waals surface area contributed by atoms with E-state index in [1.54, 1.807) is 4.57 Å². The van der Waals surface area contributed by atoms with Crippen molar-refractivity contribution in [1.29, 1.82) is 0 Å². The number of aromatic nitrogens is 2.